The van der Waals surface area contributed by atoms with E-state index in [-0.39, 0.29) is 16.6 Å². The molecule has 0 aliphatic carbocycles. The Morgan fingerprint density at radius 3 is 2.08 bits per heavy atom. The maximum absolute atomic E-state index is 13.4. The standard InChI is InChI=1S/C19H23NO3S2/c1-16(2)8-7-15-24(21,18-9-5-4-6-10-18)20-25(22,23)19-13-11-17(3)12-14-19/h4-14,16H,15H2,1-3H3/b8-7+. The fraction of sp³-hybridized carbons (Fsp3) is 0.263. The van der Waals surface area contributed by atoms with E-state index in [0.717, 1.165) is 5.56 Å². The lowest BCUT2D eigenvalue weighted by Crippen LogP contribution is -2.09. The Bertz CT molecular complexity index is 951. The van der Waals surface area contributed by atoms with Gasteiger partial charge < -0.3 is 0 Å². The van der Waals surface area contributed by atoms with Gasteiger partial charge in [0.2, 0.25) is 0 Å². The first-order valence-corrected chi connectivity index (χ1v) is 11.1. The maximum Gasteiger partial charge on any atom is 0.290 e. The van der Waals surface area contributed by atoms with Gasteiger partial charge >= 0.3 is 0 Å². The smallest absolute Gasteiger partial charge is 0.243 e. The summed E-state index contributed by atoms with van der Waals surface area (Å²) in [7, 11) is -7.15. The Morgan fingerprint density at radius 2 is 1.52 bits per heavy atom. The number of sulfonamides is 1. The van der Waals surface area contributed by atoms with Gasteiger partial charge in [-0.05, 0) is 37.1 Å². The molecule has 4 nitrogen and oxygen atoms in total. The molecule has 6 heteroatoms. The van der Waals surface area contributed by atoms with Crippen LogP contribution in [-0.4, -0.2) is 18.4 Å². The summed E-state index contributed by atoms with van der Waals surface area (Å²) in [6.07, 6.45) is 3.64. The van der Waals surface area contributed by atoms with E-state index in [2.05, 4.69) is 3.77 Å². The molecule has 2 aromatic rings. The molecule has 0 bridgehead atoms. The van der Waals surface area contributed by atoms with Gasteiger partial charge in [0.25, 0.3) is 10.0 Å². The quantitative estimate of drug-likeness (QED) is 0.700. The lowest BCUT2D eigenvalue weighted by molar-refractivity contribution is 0.598. The van der Waals surface area contributed by atoms with Crippen molar-refractivity contribution in [2.45, 2.75) is 30.6 Å². The van der Waals surface area contributed by atoms with Crippen molar-refractivity contribution < 1.29 is 12.6 Å². The number of hydrogen-bond acceptors (Lipinski definition) is 3. The number of aryl methyl sites for hydroxylation is 1. The SMILES string of the molecule is Cc1ccc(S(=O)(=O)N=S(=O)(C/C=C/C(C)C)c2ccccc2)cc1. The minimum absolute atomic E-state index is 0.0506. The second-order valence-corrected chi connectivity index (χ2v) is 10.3. The lowest BCUT2D eigenvalue weighted by atomic mass is 10.2. The molecule has 0 N–H and O–H groups in total. The summed E-state index contributed by atoms with van der Waals surface area (Å²) in [5.74, 6) is 0.341. The molecule has 0 saturated carbocycles. The third kappa shape index (κ3) is 5.28. The van der Waals surface area contributed by atoms with E-state index in [0.29, 0.717) is 4.90 Å². The minimum atomic E-state index is -4.02. The van der Waals surface area contributed by atoms with Gasteiger partial charge in [0.1, 0.15) is 0 Å². The van der Waals surface area contributed by atoms with Gasteiger partial charge in [-0.15, -0.1) is 3.77 Å². The molecule has 134 valence electrons. The van der Waals surface area contributed by atoms with Crippen LogP contribution >= 0.6 is 0 Å². The lowest BCUT2D eigenvalue weighted by Gasteiger charge is -2.09. The molecule has 2 rings (SSSR count). The van der Waals surface area contributed by atoms with Gasteiger partial charge in [-0.25, -0.2) is 4.21 Å². The van der Waals surface area contributed by atoms with Crippen molar-refractivity contribution >= 4 is 19.8 Å². The van der Waals surface area contributed by atoms with Gasteiger partial charge in [0.05, 0.1) is 20.4 Å². The van der Waals surface area contributed by atoms with E-state index in [1.54, 1.807) is 48.5 Å². The molecule has 0 fully saturated rings. The average Bonchev–Trinajstić information content (AvgIpc) is 2.55. The fourth-order valence-electron chi connectivity index (χ4n) is 2.17. The van der Waals surface area contributed by atoms with E-state index in [4.69, 9.17) is 0 Å². The highest BCUT2D eigenvalue weighted by atomic mass is 32.3. The van der Waals surface area contributed by atoms with E-state index in [9.17, 15) is 12.6 Å². The van der Waals surface area contributed by atoms with Crippen LogP contribution < -0.4 is 0 Å². The van der Waals surface area contributed by atoms with Crippen LogP contribution in [0.25, 0.3) is 0 Å². The van der Waals surface area contributed by atoms with Crippen LogP contribution in [0, 0.1) is 12.8 Å². The van der Waals surface area contributed by atoms with Gasteiger partial charge in [-0.1, -0.05) is 61.9 Å². The topological polar surface area (TPSA) is 63.6 Å². The molecule has 0 spiro atoms. The van der Waals surface area contributed by atoms with Crippen LogP contribution in [0.4, 0.5) is 0 Å². The zero-order valence-electron chi connectivity index (χ0n) is 14.6. The Labute approximate surface area is 150 Å². The monoisotopic (exact) mass is 377 g/mol. The second-order valence-electron chi connectivity index (χ2n) is 6.15. The molecule has 0 aliphatic heterocycles. The predicted molar refractivity (Wildman–Crippen MR) is 102 cm³/mol. The van der Waals surface area contributed by atoms with E-state index in [1.165, 1.54) is 12.1 Å². The molecular weight excluding hydrogens is 354 g/mol. The summed E-state index contributed by atoms with van der Waals surface area (Å²) in [6.45, 7) is 5.87. The van der Waals surface area contributed by atoms with Gasteiger partial charge in [0.15, 0.2) is 0 Å². The van der Waals surface area contributed by atoms with Crippen LogP contribution in [-0.2, 0) is 19.8 Å². The summed E-state index contributed by atoms with van der Waals surface area (Å²) in [6, 6.07) is 14.9. The Hall–Kier alpha value is -1.92. The summed E-state index contributed by atoms with van der Waals surface area (Å²) < 4.78 is 42.6. The molecule has 25 heavy (non-hydrogen) atoms. The van der Waals surface area contributed by atoms with Crippen molar-refractivity contribution in [3.05, 3.63) is 72.3 Å². The van der Waals surface area contributed by atoms with Gasteiger partial charge in [0, 0.05) is 4.90 Å². The molecule has 0 amide bonds. The van der Waals surface area contributed by atoms with Crippen molar-refractivity contribution in [2.75, 3.05) is 5.75 Å². The number of benzene rings is 2. The van der Waals surface area contributed by atoms with Gasteiger partial charge in [-0.3, -0.25) is 0 Å². The summed E-state index contributed by atoms with van der Waals surface area (Å²) in [4.78, 5) is 0.466. The Morgan fingerprint density at radius 1 is 0.920 bits per heavy atom. The first-order valence-electron chi connectivity index (χ1n) is 8.02. The molecule has 1 atom stereocenters. The summed E-state index contributed by atoms with van der Waals surface area (Å²) in [5, 5.41) is 0. The summed E-state index contributed by atoms with van der Waals surface area (Å²) in [5.41, 5.74) is 0.947. The molecule has 1 unspecified atom stereocenters. The van der Waals surface area contributed by atoms with Crippen molar-refractivity contribution in [1.29, 1.82) is 0 Å². The third-order valence-electron chi connectivity index (χ3n) is 3.49. The van der Waals surface area contributed by atoms with E-state index in [1.807, 2.05) is 26.8 Å². The molecule has 0 aliphatic rings. The first-order chi connectivity index (χ1) is 11.7. The number of rotatable bonds is 6. The van der Waals surface area contributed by atoms with Crippen molar-refractivity contribution in [3.63, 3.8) is 0 Å². The van der Waals surface area contributed by atoms with Crippen molar-refractivity contribution in [2.24, 2.45) is 9.69 Å². The van der Waals surface area contributed by atoms with Crippen molar-refractivity contribution in [3.8, 4) is 0 Å². The van der Waals surface area contributed by atoms with Crippen LogP contribution in [0.15, 0.2) is 80.3 Å². The molecule has 0 heterocycles. The van der Waals surface area contributed by atoms with Gasteiger partial charge in [-0.2, -0.15) is 8.42 Å². The normalized spacial score (nSPS) is 14.6. The van der Waals surface area contributed by atoms with E-state index < -0.39 is 19.8 Å². The molecule has 2 aromatic carbocycles. The highest BCUT2D eigenvalue weighted by Crippen LogP contribution is 2.21. The Balaban J connectivity index is 2.56. The Kier molecular flexibility index (Phi) is 6.19. The van der Waals surface area contributed by atoms with Crippen LogP contribution in [0.1, 0.15) is 19.4 Å². The number of nitrogens with zero attached hydrogens (tertiary/aromatic N) is 1. The minimum Gasteiger partial charge on any atom is -0.243 e. The highest BCUT2D eigenvalue weighted by molar-refractivity contribution is 8.03. The van der Waals surface area contributed by atoms with Crippen LogP contribution in [0.5, 0.6) is 0 Å². The number of allylic oxidation sites excluding steroid dienone is 1. The third-order valence-corrected chi connectivity index (χ3v) is 7.76. The predicted octanol–water partition coefficient (Wildman–Crippen LogP) is 4.42. The molecule has 0 aromatic heterocycles. The molecular formula is C19H23NO3S2. The largest absolute Gasteiger partial charge is 0.290 e. The fourth-order valence-corrected chi connectivity index (χ4v) is 6.00. The van der Waals surface area contributed by atoms with Crippen LogP contribution in [0.3, 0.4) is 0 Å². The molecule has 0 radical (unpaired) electrons. The zero-order chi connectivity index (χ0) is 18.5. The average molecular weight is 378 g/mol. The van der Waals surface area contributed by atoms with E-state index >= 15 is 0 Å². The molecule has 0 saturated heterocycles. The van der Waals surface area contributed by atoms with Crippen LogP contribution in [0.2, 0.25) is 0 Å². The zero-order valence-corrected chi connectivity index (χ0v) is 16.3. The second kappa shape index (κ2) is 7.97. The van der Waals surface area contributed by atoms with Crippen molar-refractivity contribution in [1.82, 2.24) is 0 Å². The first kappa shape index (κ1) is 19.4. The maximum atomic E-state index is 13.4. The highest BCUT2D eigenvalue weighted by Gasteiger charge is 2.20. The summed E-state index contributed by atoms with van der Waals surface area (Å²) >= 11 is 0. The number of hydrogen-bond donors (Lipinski definition) is 0.